The highest BCUT2D eigenvalue weighted by molar-refractivity contribution is 5.83. The first-order chi connectivity index (χ1) is 9.27. The van der Waals surface area contributed by atoms with E-state index in [-0.39, 0.29) is 18.4 Å². The minimum atomic E-state index is -4.42. The summed E-state index contributed by atoms with van der Waals surface area (Å²) in [5, 5.41) is 9.27. The van der Waals surface area contributed by atoms with Crippen LogP contribution in [0.5, 0.6) is 0 Å². The van der Waals surface area contributed by atoms with Gasteiger partial charge in [0.15, 0.2) is 0 Å². The highest BCUT2D eigenvalue weighted by atomic mass is 19.4. The second-order valence-electron chi connectivity index (χ2n) is 4.55. The molecule has 1 N–H and O–H groups in total. The van der Waals surface area contributed by atoms with Crippen molar-refractivity contribution in [3.05, 3.63) is 41.1 Å². The molecule has 0 saturated carbocycles. The number of nitrogens with zero attached hydrogens (tertiary/aromatic N) is 1. The van der Waals surface area contributed by atoms with Crippen LogP contribution >= 0.6 is 0 Å². The Labute approximate surface area is 113 Å². The van der Waals surface area contributed by atoms with Crippen LogP contribution in [0.2, 0.25) is 0 Å². The van der Waals surface area contributed by atoms with Crippen molar-refractivity contribution in [3.8, 4) is 0 Å². The molecule has 0 aliphatic heterocycles. The number of aryl methyl sites for hydroxylation is 2. The maximum Gasteiger partial charge on any atom is 0.416 e. The monoisotopic (exact) mass is 283 g/mol. The largest absolute Gasteiger partial charge is 0.481 e. The number of aromatic nitrogens is 1. The van der Waals surface area contributed by atoms with Crippen LogP contribution in [0.1, 0.15) is 23.2 Å². The van der Waals surface area contributed by atoms with Gasteiger partial charge in [0.1, 0.15) is 0 Å². The molecule has 0 radical (unpaired) electrons. The zero-order chi connectivity index (χ0) is 14.9. The van der Waals surface area contributed by atoms with Gasteiger partial charge in [-0.3, -0.25) is 9.78 Å². The van der Waals surface area contributed by atoms with Crippen LogP contribution in [0.4, 0.5) is 13.2 Å². The fraction of sp³-hybridized carbons (Fsp3) is 0.286. The minimum absolute atomic E-state index is 0.100. The zero-order valence-electron chi connectivity index (χ0n) is 10.7. The van der Waals surface area contributed by atoms with E-state index in [1.807, 2.05) is 0 Å². The molecule has 1 aromatic carbocycles. The number of carbonyl (C=O) groups is 1. The predicted molar refractivity (Wildman–Crippen MR) is 67.4 cm³/mol. The van der Waals surface area contributed by atoms with Crippen LogP contribution in [0.15, 0.2) is 24.3 Å². The molecule has 2 rings (SSSR count). The first kappa shape index (κ1) is 14.3. The van der Waals surface area contributed by atoms with Crippen molar-refractivity contribution >= 4 is 16.9 Å². The van der Waals surface area contributed by atoms with E-state index < -0.39 is 17.7 Å². The van der Waals surface area contributed by atoms with Crippen LogP contribution in [0, 0.1) is 6.92 Å². The van der Waals surface area contributed by atoms with E-state index in [4.69, 9.17) is 5.11 Å². The molecule has 1 heterocycles. The average Bonchev–Trinajstić information content (AvgIpc) is 2.34. The van der Waals surface area contributed by atoms with Crippen molar-refractivity contribution in [1.29, 1.82) is 0 Å². The number of benzene rings is 1. The lowest BCUT2D eigenvalue weighted by molar-refractivity contribution is -0.138. The Balaban J connectivity index is 2.47. The molecular weight excluding hydrogens is 271 g/mol. The summed E-state index contributed by atoms with van der Waals surface area (Å²) in [6.07, 6.45) is -4.32. The minimum Gasteiger partial charge on any atom is -0.481 e. The molecule has 2 aromatic rings. The number of carboxylic acids is 1. The molecular formula is C14H12F3NO2. The summed E-state index contributed by atoms with van der Waals surface area (Å²) in [6, 6.07) is 5.11. The van der Waals surface area contributed by atoms with Gasteiger partial charge in [0.05, 0.1) is 17.5 Å². The SMILES string of the molecule is Cc1cc(CCC(=O)O)nc2cc(C(F)(F)F)ccc12. The third-order valence-electron chi connectivity index (χ3n) is 2.99. The number of rotatable bonds is 3. The van der Waals surface area contributed by atoms with Crippen LogP contribution in [0.3, 0.4) is 0 Å². The van der Waals surface area contributed by atoms with Gasteiger partial charge in [-0.1, -0.05) is 6.07 Å². The van der Waals surface area contributed by atoms with Crippen LogP contribution < -0.4 is 0 Å². The molecule has 0 amide bonds. The molecule has 106 valence electrons. The Morgan fingerprint density at radius 3 is 2.60 bits per heavy atom. The molecule has 0 spiro atoms. The Hall–Kier alpha value is -2.11. The van der Waals surface area contributed by atoms with Crippen molar-refractivity contribution in [2.75, 3.05) is 0 Å². The van der Waals surface area contributed by atoms with Crippen molar-refractivity contribution in [2.24, 2.45) is 0 Å². The lowest BCUT2D eigenvalue weighted by atomic mass is 10.0. The summed E-state index contributed by atoms with van der Waals surface area (Å²) in [6.45, 7) is 1.77. The van der Waals surface area contributed by atoms with Gasteiger partial charge in [-0.2, -0.15) is 13.2 Å². The van der Waals surface area contributed by atoms with Gasteiger partial charge in [0.2, 0.25) is 0 Å². The number of aliphatic carboxylic acids is 1. The molecule has 0 aliphatic rings. The third kappa shape index (κ3) is 3.07. The Kier molecular flexibility index (Phi) is 3.65. The fourth-order valence-electron chi connectivity index (χ4n) is 2.01. The summed E-state index contributed by atoms with van der Waals surface area (Å²) < 4.78 is 38.0. The van der Waals surface area contributed by atoms with E-state index in [9.17, 15) is 18.0 Å². The zero-order valence-corrected chi connectivity index (χ0v) is 10.7. The number of hydrogen-bond donors (Lipinski definition) is 1. The maximum atomic E-state index is 12.7. The van der Waals surface area contributed by atoms with E-state index in [2.05, 4.69) is 4.98 Å². The average molecular weight is 283 g/mol. The molecule has 3 nitrogen and oxygen atoms in total. The summed E-state index contributed by atoms with van der Waals surface area (Å²) in [5.74, 6) is -0.964. The number of hydrogen-bond acceptors (Lipinski definition) is 2. The number of pyridine rings is 1. The summed E-state index contributed by atoms with van der Waals surface area (Å²) in [7, 11) is 0. The van der Waals surface area contributed by atoms with Crippen molar-refractivity contribution in [3.63, 3.8) is 0 Å². The van der Waals surface area contributed by atoms with Gasteiger partial charge in [-0.05, 0) is 30.7 Å². The first-order valence-corrected chi connectivity index (χ1v) is 5.96. The Morgan fingerprint density at radius 1 is 1.30 bits per heavy atom. The van der Waals surface area contributed by atoms with Gasteiger partial charge in [0.25, 0.3) is 0 Å². The number of fused-ring (bicyclic) bond motifs is 1. The number of halogens is 3. The second kappa shape index (κ2) is 5.11. The lowest BCUT2D eigenvalue weighted by Crippen LogP contribution is -2.05. The highest BCUT2D eigenvalue weighted by Crippen LogP contribution is 2.31. The molecule has 1 aromatic heterocycles. The van der Waals surface area contributed by atoms with Gasteiger partial charge in [-0.15, -0.1) is 0 Å². The van der Waals surface area contributed by atoms with Crippen molar-refractivity contribution < 1.29 is 23.1 Å². The van der Waals surface area contributed by atoms with Crippen molar-refractivity contribution in [1.82, 2.24) is 4.98 Å². The third-order valence-corrected chi connectivity index (χ3v) is 2.99. The number of alkyl halides is 3. The van der Waals surface area contributed by atoms with Gasteiger partial charge >= 0.3 is 12.1 Å². The standard InChI is InChI=1S/C14H12F3NO2/c1-8-6-10(3-5-13(19)20)18-12-7-9(14(15,16)17)2-4-11(8)12/h2,4,6-7H,3,5H2,1H3,(H,19,20). The van der Waals surface area contributed by atoms with E-state index >= 15 is 0 Å². The molecule has 0 unspecified atom stereocenters. The Morgan fingerprint density at radius 2 is 2.00 bits per heavy atom. The van der Waals surface area contributed by atoms with Crippen LogP contribution in [-0.4, -0.2) is 16.1 Å². The van der Waals surface area contributed by atoms with E-state index in [1.54, 1.807) is 13.0 Å². The van der Waals surface area contributed by atoms with Crippen LogP contribution in [0.25, 0.3) is 10.9 Å². The molecule has 0 atom stereocenters. The van der Waals surface area contributed by atoms with Gasteiger partial charge in [0, 0.05) is 17.5 Å². The molecule has 0 aliphatic carbocycles. The normalized spacial score (nSPS) is 11.8. The lowest BCUT2D eigenvalue weighted by Gasteiger charge is -2.10. The molecule has 6 heteroatoms. The van der Waals surface area contributed by atoms with Crippen LogP contribution in [-0.2, 0) is 17.4 Å². The van der Waals surface area contributed by atoms with Gasteiger partial charge < -0.3 is 5.11 Å². The molecule has 20 heavy (non-hydrogen) atoms. The van der Waals surface area contributed by atoms with Gasteiger partial charge in [-0.25, -0.2) is 0 Å². The first-order valence-electron chi connectivity index (χ1n) is 5.96. The highest BCUT2D eigenvalue weighted by Gasteiger charge is 2.30. The maximum absolute atomic E-state index is 12.7. The van der Waals surface area contributed by atoms with E-state index in [0.717, 1.165) is 17.7 Å². The summed E-state index contributed by atoms with van der Waals surface area (Å²) in [4.78, 5) is 14.6. The predicted octanol–water partition coefficient (Wildman–Crippen LogP) is 3.58. The Bertz CT molecular complexity index is 665. The summed E-state index contributed by atoms with van der Waals surface area (Å²) >= 11 is 0. The number of carboxylic acid groups (broad SMARTS) is 1. The summed E-state index contributed by atoms with van der Waals surface area (Å²) in [5.41, 5.74) is 0.744. The quantitative estimate of drug-likeness (QED) is 0.936. The van der Waals surface area contributed by atoms with E-state index in [0.29, 0.717) is 11.1 Å². The molecule has 0 fully saturated rings. The molecule has 0 saturated heterocycles. The van der Waals surface area contributed by atoms with Crippen molar-refractivity contribution in [2.45, 2.75) is 25.9 Å². The topological polar surface area (TPSA) is 50.2 Å². The molecule has 0 bridgehead atoms. The van der Waals surface area contributed by atoms with E-state index in [1.165, 1.54) is 6.07 Å². The second-order valence-corrected chi connectivity index (χ2v) is 4.55. The fourth-order valence-corrected chi connectivity index (χ4v) is 2.01. The smallest absolute Gasteiger partial charge is 0.416 e.